The van der Waals surface area contributed by atoms with Gasteiger partial charge < -0.3 is 4.74 Å². The summed E-state index contributed by atoms with van der Waals surface area (Å²) < 4.78 is 19.2. The van der Waals surface area contributed by atoms with E-state index in [9.17, 15) is 4.39 Å². The van der Waals surface area contributed by atoms with Crippen molar-refractivity contribution in [3.63, 3.8) is 0 Å². The Balaban J connectivity index is 2.29. The minimum Gasteiger partial charge on any atom is -0.457 e. The van der Waals surface area contributed by atoms with Gasteiger partial charge in [0.2, 0.25) is 0 Å². The van der Waals surface area contributed by atoms with E-state index in [0.717, 1.165) is 5.56 Å². The third-order valence-electron chi connectivity index (χ3n) is 2.46. The first-order valence-electron chi connectivity index (χ1n) is 5.28. The maximum absolute atomic E-state index is 13.5. The normalized spacial score (nSPS) is 10.3. The second-order valence-corrected chi connectivity index (χ2v) is 4.33. The van der Waals surface area contributed by atoms with Crippen molar-refractivity contribution in [1.82, 2.24) is 0 Å². The highest BCUT2D eigenvalue weighted by Crippen LogP contribution is 2.28. The molecule has 0 unspecified atom stereocenters. The fourth-order valence-electron chi connectivity index (χ4n) is 1.50. The van der Waals surface area contributed by atoms with Crippen LogP contribution in [0.1, 0.15) is 11.1 Å². The van der Waals surface area contributed by atoms with Crippen LogP contribution < -0.4 is 4.74 Å². The predicted octanol–water partition coefficient (Wildman–Crippen LogP) is 4.82. The van der Waals surface area contributed by atoms with Crippen molar-refractivity contribution in [2.75, 3.05) is 0 Å². The zero-order valence-electron chi connectivity index (χ0n) is 9.41. The van der Waals surface area contributed by atoms with Crippen LogP contribution in [0, 0.1) is 12.7 Å². The number of ether oxygens (including phenoxy) is 1. The van der Waals surface area contributed by atoms with Gasteiger partial charge in [0.1, 0.15) is 17.3 Å². The minimum absolute atomic E-state index is 0.258. The van der Waals surface area contributed by atoms with E-state index in [1.807, 2.05) is 31.2 Å². The van der Waals surface area contributed by atoms with E-state index in [2.05, 4.69) is 15.9 Å². The van der Waals surface area contributed by atoms with Gasteiger partial charge in [-0.2, -0.15) is 0 Å². The first kappa shape index (κ1) is 12.1. The molecule has 0 aliphatic carbocycles. The molecule has 0 heterocycles. The van der Waals surface area contributed by atoms with Crippen LogP contribution in [0.4, 0.5) is 4.39 Å². The van der Waals surface area contributed by atoms with E-state index in [1.165, 1.54) is 6.07 Å². The van der Waals surface area contributed by atoms with Crippen LogP contribution in [0.2, 0.25) is 0 Å². The first-order valence-corrected chi connectivity index (χ1v) is 6.40. The fourth-order valence-corrected chi connectivity index (χ4v) is 2.04. The van der Waals surface area contributed by atoms with Gasteiger partial charge in [0.15, 0.2) is 0 Å². The summed E-state index contributed by atoms with van der Waals surface area (Å²) in [6, 6.07) is 12.5. The maximum atomic E-state index is 13.5. The lowest BCUT2D eigenvalue weighted by Crippen LogP contribution is -1.92. The van der Waals surface area contributed by atoms with Crippen molar-refractivity contribution < 1.29 is 9.13 Å². The molecule has 0 aliphatic heterocycles. The second-order valence-electron chi connectivity index (χ2n) is 3.77. The third-order valence-corrected chi connectivity index (χ3v) is 3.02. The van der Waals surface area contributed by atoms with Crippen LogP contribution in [0.3, 0.4) is 0 Å². The van der Waals surface area contributed by atoms with Crippen molar-refractivity contribution in [1.29, 1.82) is 0 Å². The molecule has 0 aliphatic rings. The van der Waals surface area contributed by atoms with Gasteiger partial charge in [0.05, 0.1) is 0 Å². The second kappa shape index (κ2) is 5.32. The molecule has 3 heteroatoms. The Kier molecular flexibility index (Phi) is 3.79. The van der Waals surface area contributed by atoms with Gasteiger partial charge in [0.25, 0.3) is 0 Å². The standard InChI is InChI=1S/C14H12BrFO/c1-10-5-7-11(8-6-10)17-14-4-2-3-13(16)12(14)9-15/h2-8H,9H2,1H3. The molecular formula is C14H12BrFO. The summed E-state index contributed by atoms with van der Waals surface area (Å²) in [6.07, 6.45) is 0. The van der Waals surface area contributed by atoms with Crippen molar-refractivity contribution in [3.05, 3.63) is 59.4 Å². The SMILES string of the molecule is Cc1ccc(Oc2cccc(F)c2CBr)cc1. The average Bonchev–Trinajstić information content (AvgIpc) is 2.32. The van der Waals surface area contributed by atoms with Gasteiger partial charge in [-0.15, -0.1) is 0 Å². The zero-order chi connectivity index (χ0) is 12.3. The van der Waals surface area contributed by atoms with Gasteiger partial charge in [0, 0.05) is 10.9 Å². The van der Waals surface area contributed by atoms with E-state index >= 15 is 0 Å². The highest BCUT2D eigenvalue weighted by atomic mass is 79.9. The Labute approximate surface area is 108 Å². The van der Waals surface area contributed by atoms with E-state index < -0.39 is 0 Å². The van der Waals surface area contributed by atoms with Crippen molar-refractivity contribution in [2.45, 2.75) is 12.3 Å². The molecule has 0 saturated carbocycles. The van der Waals surface area contributed by atoms with E-state index in [1.54, 1.807) is 12.1 Å². The number of alkyl halides is 1. The quantitative estimate of drug-likeness (QED) is 0.737. The molecule has 0 bridgehead atoms. The van der Waals surface area contributed by atoms with Crippen LogP contribution in [-0.4, -0.2) is 0 Å². The molecule has 2 aromatic carbocycles. The summed E-state index contributed by atoms with van der Waals surface area (Å²) in [5.74, 6) is 1.00. The number of hydrogen-bond donors (Lipinski definition) is 0. The summed E-state index contributed by atoms with van der Waals surface area (Å²) >= 11 is 3.26. The fraction of sp³-hybridized carbons (Fsp3) is 0.143. The molecule has 88 valence electrons. The molecule has 0 radical (unpaired) electrons. The summed E-state index contributed by atoms with van der Waals surface area (Å²) in [5, 5.41) is 0.431. The molecule has 1 nitrogen and oxygen atoms in total. The van der Waals surface area contributed by atoms with E-state index in [-0.39, 0.29) is 5.82 Å². The Hall–Kier alpha value is -1.35. The molecule has 2 rings (SSSR count). The van der Waals surface area contributed by atoms with Gasteiger partial charge in [-0.05, 0) is 31.2 Å². The molecule has 0 fully saturated rings. The van der Waals surface area contributed by atoms with E-state index in [0.29, 0.717) is 22.4 Å². The summed E-state index contributed by atoms with van der Waals surface area (Å²) in [5.41, 5.74) is 1.70. The lowest BCUT2D eigenvalue weighted by atomic mass is 10.2. The van der Waals surface area contributed by atoms with Crippen LogP contribution in [0.15, 0.2) is 42.5 Å². The summed E-state index contributed by atoms with van der Waals surface area (Å²) in [6.45, 7) is 2.01. The molecule has 17 heavy (non-hydrogen) atoms. The van der Waals surface area contributed by atoms with Crippen LogP contribution in [-0.2, 0) is 5.33 Å². The molecule has 0 amide bonds. The van der Waals surface area contributed by atoms with Crippen LogP contribution in [0.25, 0.3) is 0 Å². The smallest absolute Gasteiger partial charge is 0.134 e. The largest absolute Gasteiger partial charge is 0.457 e. The summed E-state index contributed by atoms with van der Waals surface area (Å²) in [4.78, 5) is 0. The van der Waals surface area contributed by atoms with Crippen molar-refractivity contribution in [3.8, 4) is 11.5 Å². The molecule has 0 saturated heterocycles. The van der Waals surface area contributed by atoms with Gasteiger partial charge in [-0.3, -0.25) is 0 Å². The van der Waals surface area contributed by atoms with Gasteiger partial charge in [-0.1, -0.05) is 39.7 Å². The maximum Gasteiger partial charge on any atom is 0.134 e. The number of aryl methyl sites for hydroxylation is 1. The van der Waals surface area contributed by atoms with Crippen LogP contribution >= 0.6 is 15.9 Å². The minimum atomic E-state index is -0.258. The number of benzene rings is 2. The first-order chi connectivity index (χ1) is 8.20. The Morgan fingerprint density at radius 3 is 2.47 bits per heavy atom. The molecule has 2 aromatic rings. The molecular weight excluding hydrogens is 283 g/mol. The Bertz CT molecular complexity index is 508. The van der Waals surface area contributed by atoms with Crippen LogP contribution in [0.5, 0.6) is 11.5 Å². The lowest BCUT2D eigenvalue weighted by Gasteiger charge is -2.10. The van der Waals surface area contributed by atoms with E-state index in [4.69, 9.17) is 4.74 Å². The Morgan fingerprint density at radius 2 is 1.82 bits per heavy atom. The molecule has 0 aromatic heterocycles. The monoisotopic (exact) mass is 294 g/mol. The number of hydrogen-bond acceptors (Lipinski definition) is 1. The topological polar surface area (TPSA) is 9.23 Å². The molecule has 0 spiro atoms. The van der Waals surface area contributed by atoms with Gasteiger partial charge in [-0.25, -0.2) is 4.39 Å². The summed E-state index contributed by atoms with van der Waals surface area (Å²) in [7, 11) is 0. The molecule has 0 atom stereocenters. The highest BCUT2D eigenvalue weighted by molar-refractivity contribution is 9.08. The van der Waals surface area contributed by atoms with Crippen molar-refractivity contribution >= 4 is 15.9 Å². The average molecular weight is 295 g/mol. The lowest BCUT2D eigenvalue weighted by molar-refractivity contribution is 0.470. The number of rotatable bonds is 3. The highest BCUT2D eigenvalue weighted by Gasteiger charge is 2.08. The third kappa shape index (κ3) is 2.86. The zero-order valence-corrected chi connectivity index (χ0v) is 11.0. The Morgan fingerprint density at radius 1 is 1.12 bits per heavy atom. The predicted molar refractivity (Wildman–Crippen MR) is 70.3 cm³/mol. The number of halogens is 2. The molecule has 0 N–H and O–H groups in total. The van der Waals surface area contributed by atoms with Crippen molar-refractivity contribution in [2.24, 2.45) is 0 Å². The van der Waals surface area contributed by atoms with Gasteiger partial charge >= 0.3 is 0 Å².